The van der Waals surface area contributed by atoms with Crippen LogP contribution in [0.1, 0.15) is 6.42 Å². The van der Waals surface area contributed by atoms with Gasteiger partial charge in [-0.3, -0.25) is 10.1 Å². The van der Waals surface area contributed by atoms with Crippen molar-refractivity contribution in [3.63, 3.8) is 0 Å². The average Bonchev–Trinajstić information content (AvgIpc) is 2.15. The van der Waals surface area contributed by atoms with E-state index in [0.717, 1.165) is 0 Å². The van der Waals surface area contributed by atoms with E-state index in [1.54, 1.807) is 0 Å². The van der Waals surface area contributed by atoms with E-state index in [1.165, 1.54) is 0 Å². The van der Waals surface area contributed by atoms with Crippen LogP contribution in [0.25, 0.3) is 0 Å². The van der Waals surface area contributed by atoms with Crippen molar-refractivity contribution < 1.29 is 23.1 Å². The number of hydrogen-bond acceptors (Lipinski definition) is 5. The highest BCUT2D eigenvalue weighted by molar-refractivity contribution is 7.91. The number of sulfone groups is 1. The molecule has 0 amide bonds. The highest BCUT2D eigenvalue weighted by Crippen LogP contribution is 2.20. The van der Waals surface area contributed by atoms with Crippen LogP contribution in [0.5, 0.6) is 0 Å². The van der Waals surface area contributed by atoms with Crippen molar-refractivity contribution in [3.05, 3.63) is 0 Å². The van der Waals surface area contributed by atoms with Gasteiger partial charge in [-0.25, -0.2) is 8.42 Å². The molecule has 0 aliphatic carbocycles. The second kappa shape index (κ2) is 3.73. The Labute approximate surface area is 87.5 Å². The lowest BCUT2D eigenvalue weighted by Gasteiger charge is -2.38. The summed E-state index contributed by atoms with van der Waals surface area (Å²) in [6.07, 6.45) is 0.288. The lowest BCUT2D eigenvalue weighted by Crippen LogP contribution is -2.61. The van der Waals surface area contributed by atoms with Crippen molar-refractivity contribution in [1.82, 2.24) is 5.32 Å². The minimum Gasteiger partial charge on any atom is -0.480 e. The van der Waals surface area contributed by atoms with Gasteiger partial charge in [0.05, 0.1) is 24.2 Å². The molecule has 0 aromatic rings. The van der Waals surface area contributed by atoms with Crippen LogP contribution in [0, 0.1) is 0 Å². The normalized spacial score (nSPS) is 39.3. The van der Waals surface area contributed by atoms with Gasteiger partial charge in [-0.05, 0) is 6.42 Å². The van der Waals surface area contributed by atoms with E-state index in [9.17, 15) is 13.2 Å². The molecule has 2 fully saturated rings. The van der Waals surface area contributed by atoms with Crippen molar-refractivity contribution in [2.75, 3.05) is 18.1 Å². The Bertz CT molecular complexity index is 365. The summed E-state index contributed by atoms with van der Waals surface area (Å²) in [5.41, 5.74) is 0. The highest BCUT2D eigenvalue weighted by atomic mass is 32.2. The molecule has 2 heterocycles. The summed E-state index contributed by atoms with van der Waals surface area (Å²) in [6, 6.07) is -1.17. The van der Waals surface area contributed by atoms with E-state index in [2.05, 4.69) is 5.32 Å². The third kappa shape index (κ3) is 2.30. The molecule has 0 saturated carbocycles. The van der Waals surface area contributed by atoms with E-state index >= 15 is 0 Å². The predicted molar refractivity (Wildman–Crippen MR) is 51.4 cm³/mol. The summed E-state index contributed by atoms with van der Waals surface area (Å²) in [5.74, 6) is -0.897. The Morgan fingerprint density at radius 3 is 2.87 bits per heavy atom. The van der Waals surface area contributed by atoms with Gasteiger partial charge in [0.15, 0.2) is 9.84 Å². The first-order valence-corrected chi connectivity index (χ1v) is 6.61. The molecule has 2 rings (SSSR count). The van der Waals surface area contributed by atoms with Gasteiger partial charge in [-0.2, -0.15) is 0 Å². The van der Waals surface area contributed by atoms with Crippen molar-refractivity contribution in [2.45, 2.75) is 24.6 Å². The van der Waals surface area contributed by atoms with Gasteiger partial charge in [-0.1, -0.05) is 0 Å². The Morgan fingerprint density at radius 2 is 2.20 bits per heavy atom. The van der Waals surface area contributed by atoms with Gasteiger partial charge >= 0.3 is 5.97 Å². The molecule has 0 spiro atoms. The summed E-state index contributed by atoms with van der Waals surface area (Å²) in [4.78, 5) is 10.7. The maximum Gasteiger partial charge on any atom is 0.323 e. The van der Waals surface area contributed by atoms with E-state index in [4.69, 9.17) is 9.84 Å². The van der Waals surface area contributed by atoms with Crippen LogP contribution in [0.3, 0.4) is 0 Å². The van der Waals surface area contributed by atoms with Crippen LogP contribution in [-0.2, 0) is 19.4 Å². The SMILES string of the molecule is O=C(O)C1COC2CCS(=O)(=O)CC2N1. The zero-order valence-corrected chi connectivity index (χ0v) is 8.87. The number of rotatable bonds is 1. The van der Waals surface area contributed by atoms with E-state index in [1.807, 2.05) is 0 Å². The minimum atomic E-state index is -3.04. The summed E-state index contributed by atoms with van der Waals surface area (Å²) < 4.78 is 28.0. The van der Waals surface area contributed by atoms with Crippen LogP contribution >= 0.6 is 0 Å². The number of aliphatic carboxylic acids is 1. The molecule has 3 atom stereocenters. The number of ether oxygens (including phenoxy) is 1. The number of carboxylic acids is 1. The summed E-state index contributed by atoms with van der Waals surface area (Å²) in [6.45, 7) is 0.108. The highest BCUT2D eigenvalue weighted by Gasteiger charge is 2.40. The fourth-order valence-electron chi connectivity index (χ4n) is 1.98. The molecule has 2 aliphatic rings. The van der Waals surface area contributed by atoms with Gasteiger partial charge in [0, 0.05) is 6.04 Å². The smallest absolute Gasteiger partial charge is 0.323 e. The van der Waals surface area contributed by atoms with E-state index in [-0.39, 0.29) is 30.3 Å². The predicted octanol–water partition coefficient (Wildman–Crippen LogP) is -1.38. The molecule has 86 valence electrons. The van der Waals surface area contributed by atoms with Gasteiger partial charge in [-0.15, -0.1) is 0 Å². The topological polar surface area (TPSA) is 92.7 Å². The Hall–Kier alpha value is -0.660. The number of nitrogens with one attached hydrogen (secondary N) is 1. The van der Waals surface area contributed by atoms with Crippen LogP contribution in [0.15, 0.2) is 0 Å². The fraction of sp³-hybridized carbons (Fsp3) is 0.875. The van der Waals surface area contributed by atoms with Crippen molar-refractivity contribution >= 4 is 15.8 Å². The number of hydrogen-bond donors (Lipinski definition) is 2. The minimum absolute atomic E-state index is 0.0263. The molecule has 2 saturated heterocycles. The Kier molecular flexibility index (Phi) is 2.70. The van der Waals surface area contributed by atoms with Crippen molar-refractivity contribution in [3.8, 4) is 0 Å². The van der Waals surface area contributed by atoms with Crippen LogP contribution in [0.2, 0.25) is 0 Å². The summed E-state index contributed by atoms with van der Waals surface area (Å²) in [7, 11) is -3.04. The molecule has 0 aromatic carbocycles. The van der Waals surface area contributed by atoms with Gasteiger partial charge in [0.1, 0.15) is 6.04 Å². The molecule has 7 heteroatoms. The van der Waals surface area contributed by atoms with Crippen LogP contribution in [0.4, 0.5) is 0 Å². The molecule has 2 aliphatic heterocycles. The molecule has 0 bridgehead atoms. The second-order valence-electron chi connectivity index (χ2n) is 3.94. The fourth-order valence-corrected chi connectivity index (χ4v) is 3.60. The van der Waals surface area contributed by atoms with E-state index in [0.29, 0.717) is 6.42 Å². The molecule has 0 radical (unpaired) electrons. The standard InChI is InChI=1S/C8H13NO5S/c10-8(11)5-3-14-7-1-2-15(12,13)4-6(7)9-5/h5-7,9H,1-4H2,(H,10,11). The molecule has 2 N–H and O–H groups in total. The second-order valence-corrected chi connectivity index (χ2v) is 6.17. The third-order valence-corrected chi connectivity index (χ3v) is 4.51. The quantitative estimate of drug-likeness (QED) is 0.581. The number of carbonyl (C=O) groups is 1. The van der Waals surface area contributed by atoms with Crippen LogP contribution in [-0.4, -0.2) is 55.8 Å². The monoisotopic (exact) mass is 235 g/mol. The maximum atomic E-state index is 11.3. The maximum absolute atomic E-state index is 11.3. The first-order valence-electron chi connectivity index (χ1n) is 4.79. The van der Waals surface area contributed by atoms with Crippen molar-refractivity contribution in [2.24, 2.45) is 0 Å². The molecule has 6 nitrogen and oxygen atoms in total. The molecular weight excluding hydrogens is 222 g/mol. The largest absolute Gasteiger partial charge is 0.480 e. The number of morpholine rings is 1. The zero-order chi connectivity index (χ0) is 11.1. The molecule has 15 heavy (non-hydrogen) atoms. The summed E-state index contributed by atoms with van der Waals surface area (Å²) in [5, 5.41) is 11.6. The lowest BCUT2D eigenvalue weighted by molar-refractivity contribution is -0.145. The molecule has 0 aromatic heterocycles. The first-order chi connectivity index (χ1) is 6.98. The van der Waals surface area contributed by atoms with Gasteiger partial charge in [0.25, 0.3) is 0 Å². The Balaban J connectivity index is 2.07. The van der Waals surface area contributed by atoms with Crippen LogP contribution < -0.4 is 5.32 Å². The Morgan fingerprint density at radius 1 is 1.47 bits per heavy atom. The zero-order valence-electron chi connectivity index (χ0n) is 8.05. The van der Waals surface area contributed by atoms with Gasteiger partial charge in [0.2, 0.25) is 0 Å². The number of fused-ring (bicyclic) bond motifs is 1. The number of carboxylic acid groups (broad SMARTS) is 1. The molecular formula is C8H13NO5S. The summed E-state index contributed by atoms with van der Waals surface area (Å²) >= 11 is 0. The first kappa shape index (κ1) is 10.8. The van der Waals surface area contributed by atoms with Crippen molar-refractivity contribution in [1.29, 1.82) is 0 Å². The third-order valence-electron chi connectivity index (χ3n) is 2.79. The molecule has 3 unspecified atom stereocenters. The lowest BCUT2D eigenvalue weighted by atomic mass is 10.1. The van der Waals surface area contributed by atoms with Gasteiger partial charge < -0.3 is 9.84 Å². The average molecular weight is 235 g/mol. The van der Waals surface area contributed by atoms with E-state index < -0.39 is 21.8 Å².